The van der Waals surface area contributed by atoms with Crippen LogP contribution in [0.1, 0.15) is 39.2 Å². The number of benzene rings is 1. The molecule has 2 heteroatoms. The van der Waals surface area contributed by atoms with E-state index in [2.05, 4.69) is 20.8 Å². The van der Waals surface area contributed by atoms with Crippen LogP contribution in [0.3, 0.4) is 0 Å². The molecule has 0 amide bonds. The van der Waals surface area contributed by atoms with E-state index < -0.39 is 5.60 Å². The van der Waals surface area contributed by atoms with Gasteiger partial charge in [-0.15, -0.1) is 0 Å². The molecule has 2 atom stereocenters. The number of hydrogen-bond donors (Lipinski definition) is 1. The third kappa shape index (κ3) is 2.83. The molecule has 2 rings (SSSR count). The Balaban J connectivity index is 2.15. The summed E-state index contributed by atoms with van der Waals surface area (Å²) in [6, 6.07) is 7.81. The van der Waals surface area contributed by atoms with Gasteiger partial charge >= 0.3 is 0 Å². The van der Waals surface area contributed by atoms with Crippen LogP contribution in [0.5, 0.6) is 0 Å². The molecule has 1 aromatic rings. The summed E-state index contributed by atoms with van der Waals surface area (Å²) >= 11 is 5.87. The minimum absolute atomic E-state index is 0.251. The van der Waals surface area contributed by atoms with Gasteiger partial charge in [0.25, 0.3) is 0 Å². The highest BCUT2D eigenvalue weighted by Gasteiger charge is 2.47. The molecule has 0 bridgehead atoms. The third-order valence-electron chi connectivity index (χ3n) is 3.98. The lowest BCUT2D eigenvalue weighted by Crippen LogP contribution is -2.34. The molecular formula is C15H21ClO. The fourth-order valence-electron chi connectivity index (χ4n) is 3.29. The maximum absolute atomic E-state index is 10.8. The average Bonchev–Trinajstić information content (AvgIpc) is 2.39. The molecule has 1 aromatic carbocycles. The Hall–Kier alpha value is -0.530. The first-order chi connectivity index (χ1) is 7.81. The largest absolute Gasteiger partial charge is 0.389 e. The van der Waals surface area contributed by atoms with E-state index >= 15 is 0 Å². The molecule has 0 aliphatic heterocycles. The number of halogens is 1. The summed E-state index contributed by atoms with van der Waals surface area (Å²) in [7, 11) is 0. The van der Waals surface area contributed by atoms with Crippen molar-refractivity contribution in [3.05, 3.63) is 34.9 Å². The summed E-state index contributed by atoms with van der Waals surface area (Å²) in [5, 5.41) is 11.5. The Morgan fingerprint density at radius 3 is 2.35 bits per heavy atom. The molecule has 0 spiro atoms. The van der Waals surface area contributed by atoms with Crippen molar-refractivity contribution in [2.75, 3.05) is 0 Å². The molecule has 1 aliphatic rings. The summed E-state index contributed by atoms with van der Waals surface area (Å²) in [5.74, 6) is 0.355. The predicted molar refractivity (Wildman–Crippen MR) is 72.3 cm³/mol. The first-order valence-corrected chi connectivity index (χ1v) is 6.65. The van der Waals surface area contributed by atoms with E-state index in [0.717, 1.165) is 24.3 Å². The summed E-state index contributed by atoms with van der Waals surface area (Å²) in [4.78, 5) is 0. The maximum atomic E-state index is 10.8. The second kappa shape index (κ2) is 4.29. The fourth-order valence-corrected chi connectivity index (χ4v) is 3.41. The average molecular weight is 253 g/mol. The highest BCUT2D eigenvalue weighted by molar-refractivity contribution is 6.30. The fraction of sp³-hybridized carbons (Fsp3) is 0.600. The molecule has 0 radical (unpaired) electrons. The molecular weight excluding hydrogens is 232 g/mol. The Kier molecular flexibility index (Phi) is 3.26. The molecule has 1 nitrogen and oxygen atoms in total. The quantitative estimate of drug-likeness (QED) is 0.841. The van der Waals surface area contributed by atoms with Gasteiger partial charge < -0.3 is 5.11 Å². The molecule has 1 saturated carbocycles. The molecule has 0 heterocycles. The predicted octanol–water partition coefficient (Wildman–Crippen LogP) is 4.07. The highest BCUT2D eigenvalue weighted by Crippen LogP contribution is 2.48. The summed E-state index contributed by atoms with van der Waals surface area (Å²) in [5.41, 5.74) is 0.860. The van der Waals surface area contributed by atoms with Crippen LogP contribution in [-0.2, 0) is 6.42 Å². The smallest absolute Gasteiger partial charge is 0.0718 e. The second-order valence-corrected chi connectivity index (χ2v) is 6.79. The minimum atomic E-state index is -0.558. The topological polar surface area (TPSA) is 20.2 Å². The number of hydrogen-bond acceptors (Lipinski definition) is 1. The van der Waals surface area contributed by atoms with E-state index in [-0.39, 0.29) is 5.41 Å². The Bertz CT molecular complexity index is 396. The van der Waals surface area contributed by atoms with E-state index in [0.29, 0.717) is 5.92 Å². The molecule has 1 aliphatic carbocycles. The second-order valence-electron chi connectivity index (χ2n) is 6.35. The van der Waals surface area contributed by atoms with E-state index in [1.165, 1.54) is 5.56 Å². The zero-order valence-electron chi connectivity index (χ0n) is 10.8. The van der Waals surface area contributed by atoms with E-state index in [9.17, 15) is 5.11 Å². The molecule has 1 N–H and O–H groups in total. The van der Waals surface area contributed by atoms with Gasteiger partial charge in [-0.3, -0.25) is 0 Å². The Labute approximate surface area is 109 Å². The molecule has 1 fully saturated rings. The van der Waals surface area contributed by atoms with E-state index in [1.807, 2.05) is 24.3 Å². The lowest BCUT2D eigenvalue weighted by atomic mass is 9.84. The molecule has 0 saturated heterocycles. The summed E-state index contributed by atoms with van der Waals surface area (Å²) < 4.78 is 0. The Morgan fingerprint density at radius 1 is 1.29 bits per heavy atom. The summed E-state index contributed by atoms with van der Waals surface area (Å²) in [6.45, 7) is 6.64. The van der Waals surface area contributed by atoms with Crippen LogP contribution in [0.4, 0.5) is 0 Å². The van der Waals surface area contributed by atoms with Crippen molar-refractivity contribution in [3.8, 4) is 0 Å². The van der Waals surface area contributed by atoms with Crippen LogP contribution < -0.4 is 0 Å². The van der Waals surface area contributed by atoms with Gasteiger partial charge in [0, 0.05) is 11.4 Å². The molecule has 0 aromatic heterocycles. The van der Waals surface area contributed by atoms with Crippen LogP contribution >= 0.6 is 11.6 Å². The zero-order valence-corrected chi connectivity index (χ0v) is 11.6. The molecule has 94 valence electrons. The van der Waals surface area contributed by atoms with Gasteiger partial charge in [0.05, 0.1) is 5.60 Å². The van der Waals surface area contributed by atoms with Crippen LogP contribution in [0, 0.1) is 11.3 Å². The SMILES string of the molecule is CC1CC(C)(C)CC1(O)Cc1ccc(Cl)cc1. The Morgan fingerprint density at radius 2 is 1.88 bits per heavy atom. The lowest BCUT2D eigenvalue weighted by molar-refractivity contribution is 0.00445. The lowest BCUT2D eigenvalue weighted by Gasteiger charge is -2.28. The van der Waals surface area contributed by atoms with Gasteiger partial charge in [-0.2, -0.15) is 0 Å². The van der Waals surface area contributed by atoms with Crippen molar-refractivity contribution < 1.29 is 5.11 Å². The highest BCUT2D eigenvalue weighted by atomic mass is 35.5. The van der Waals surface area contributed by atoms with Gasteiger partial charge in [0.2, 0.25) is 0 Å². The minimum Gasteiger partial charge on any atom is -0.389 e. The zero-order chi connectivity index (χ0) is 12.7. The van der Waals surface area contributed by atoms with E-state index in [4.69, 9.17) is 11.6 Å². The monoisotopic (exact) mass is 252 g/mol. The number of rotatable bonds is 2. The van der Waals surface area contributed by atoms with Crippen molar-refractivity contribution in [1.82, 2.24) is 0 Å². The first kappa shape index (κ1) is 12.9. The maximum Gasteiger partial charge on any atom is 0.0718 e. The molecule has 2 unspecified atom stereocenters. The summed E-state index contributed by atoms with van der Waals surface area (Å²) in [6.07, 6.45) is 2.70. The van der Waals surface area contributed by atoms with Crippen LogP contribution in [0.15, 0.2) is 24.3 Å². The van der Waals surface area contributed by atoms with Gasteiger partial charge in [-0.25, -0.2) is 0 Å². The third-order valence-corrected chi connectivity index (χ3v) is 4.24. The van der Waals surface area contributed by atoms with Crippen molar-refractivity contribution in [1.29, 1.82) is 0 Å². The molecule has 17 heavy (non-hydrogen) atoms. The van der Waals surface area contributed by atoms with Gasteiger partial charge in [0.1, 0.15) is 0 Å². The van der Waals surface area contributed by atoms with Crippen LogP contribution in [-0.4, -0.2) is 10.7 Å². The standard InChI is InChI=1S/C15H21ClO/c1-11-8-14(2,3)10-15(11,17)9-12-4-6-13(16)7-5-12/h4-7,11,17H,8-10H2,1-3H3. The van der Waals surface area contributed by atoms with Crippen molar-refractivity contribution in [3.63, 3.8) is 0 Å². The van der Waals surface area contributed by atoms with Crippen molar-refractivity contribution >= 4 is 11.6 Å². The first-order valence-electron chi connectivity index (χ1n) is 6.28. The number of aliphatic hydroxyl groups is 1. The van der Waals surface area contributed by atoms with E-state index in [1.54, 1.807) is 0 Å². The van der Waals surface area contributed by atoms with Gasteiger partial charge in [-0.1, -0.05) is 44.5 Å². The van der Waals surface area contributed by atoms with Crippen molar-refractivity contribution in [2.24, 2.45) is 11.3 Å². The van der Waals surface area contributed by atoms with Gasteiger partial charge in [0.15, 0.2) is 0 Å². The van der Waals surface area contributed by atoms with Crippen LogP contribution in [0.2, 0.25) is 5.02 Å². The van der Waals surface area contributed by atoms with Crippen molar-refractivity contribution in [2.45, 2.75) is 45.6 Å². The van der Waals surface area contributed by atoms with Crippen LogP contribution in [0.25, 0.3) is 0 Å². The normalized spacial score (nSPS) is 31.7. The van der Waals surface area contributed by atoms with Gasteiger partial charge in [-0.05, 0) is 41.9 Å².